The summed E-state index contributed by atoms with van der Waals surface area (Å²) in [5.74, 6) is 0. The Hall–Kier alpha value is -1.83. The van der Waals surface area contributed by atoms with Gasteiger partial charge in [0.25, 0.3) is 0 Å². The zero-order chi connectivity index (χ0) is 12.4. The second-order valence-electron chi connectivity index (χ2n) is 4.77. The molecule has 4 nitrogen and oxygen atoms in total. The average Bonchev–Trinajstić information content (AvgIpc) is 2.83. The Bertz CT molecular complexity index is 507. The van der Waals surface area contributed by atoms with Crippen LogP contribution in [0.25, 0.3) is 5.70 Å². The van der Waals surface area contributed by atoms with Gasteiger partial charge in [0.05, 0.1) is 17.3 Å². The second-order valence-corrected chi connectivity index (χ2v) is 4.77. The fourth-order valence-electron chi connectivity index (χ4n) is 2.44. The van der Waals surface area contributed by atoms with E-state index in [1.165, 1.54) is 0 Å². The first-order valence-electron chi connectivity index (χ1n) is 6.19. The van der Waals surface area contributed by atoms with Gasteiger partial charge in [0.15, 0.2) is 0 Å². The lowest BCUT2D eigenvalue weighted by molar-refractivity contribution is -0.0515. The van der Waals surface area contributed by atoms with Crippen LogP contribution in [0.4, 0.5) is 0 Å². The first-order chi connectivity index (χ1) is 8.81. The zero-order valence-corrected chi connectivity index (χ0v) is 10.1. The standard InChI is InChI=1S/C14H15N3O/c15-10-11-1-3-12(4-2-11)13-9-14(18-17-13)5-7-16-8-6-14/h1-4,9,16-17H,5-8H2. The Morgan fingerprint density at radius 1 is 1.17 bits per heavy atom. The smallest absolute Gasteiger partial charge is 0.119 e. The summed E-state index contributed by atoms with van der Waals surface area (Å²) in [5.41, 5.74) is 5.60. The number of hydroxylamine groups is 1. The molecule has 92 valence electrons. The van der Waals surface area contributed by atoms with E-state index in [-0.39, 0.29) is 5.60 Å². The number of rotatable bonds is 1. The zero-order valence-electron chi connectivity index (χ0n) is 10.1. The van der Waals surface area contributed by atoms with Crippen molar-refractivity contribution in [2.45, 2.75) is 18.4 Å². The largest absolute Gasteiger partial charge is 0.316 e. The van der Waals surface area contributed by atoms with Gasteiger partial charge in [0.2, 0.25) is 0 Å². The first kappa shape index (κ1) is 11.3. The maximum Gasteiger partial charge on any atom is 0.119 e. The van der Waals surface area contributed by atoms with Crippen molar-refractivity contribution in [1.29, 1.82) is 5.26 Å². The quantitative estimate of drug-likeness (QED) is 0.783. The lowest BCUT2D eigenvalue weighted by Gasteiger charge is -2.29. The average molecular weight is 241 g/mol. The number of benzene rings is 1. The summed E-state index contributed by atoms with van der Waals surface area (Å²) in [6.07, 6.45) is 4.15. The molecule has 0 saturated carbocycles. The molecule has 2 aliphatic heterocycles. The van der Waals surface area contributed by atoms with Gasteiger partial charge >= 0.3 is 0 Å². The summed E-state index contributed by atoms with van der Waals surface area (Å²) < 4.78 is 0. The molecule has 0 bridgehead atoms. The minimum atomic E-state index is -0.158. The topological polar surface area (TPSA) is 57.1 Å². The molecule has 4 heteroatoms. The molecule has 1 saturated heterocycles. The summed E-state index contributed by atoms with van der Waals surface area (Å²) in [6.45, 7) is 1.97. The van der Waals surface area contributed by atoms with E-state index in [1.54, 1.807) is 0 Å². The number of nitrogens with zero attached hydrogens (tertiary/aromatic N) is 1. The summed E-state index contributed by atoms with van der Waals surface area (Å²) >= 11 is 0. The minimum absolute atomic E-state index is 0.158. The normalized spacial score (nSPS) is 21.2. The van der Waals surface area contributed by atoms with E-state index >= 15 is 0 Å². The van der Waals surface area contributed by atoms with Crippen LogP contribution in [0.3, 0.4) is 0 Å². The molecule has 2 heterocycles. The second kappa shape index (κ2) is 4.45. The molecule has 0 radical (unpaired) electrons. The summed E-state index contributed by atoms with van der Waals surface area (Å²) in [5, 5.41) is 12.1. The van der Waals surface area contributed by atoms with E-state index in [0.29, 0.717) is 5.56 Å². The molecule has 1 aromatic rings. The SMILES string of the molecule is N#Cc1ccc(C2=CC3(CCNCC3)ON2)cc1. The van der Waals surface area contributed by atoms with Crippen LogP contribution >= 0.6 is 0 Å². The van der Waals surface area contributed by atoms with Gasteiger partial charge in [-0.15, -0.1) is 0 Å². The first-order valence-corrected chi connectivity index (χ1v) is 6.19. The van der Waals surface area contributed by atoms with Crippen molar-refractivity contribution in [2.24, 2.45) is 0 Å². The number of piperidine rings is 1. The van der Waals surface area contributed by atoms with Gasteiger partial charge in [-0.2, -0.15) is 5.26 Å². The molecule has 0 aliphatic carbocycles. The Morgan fingerprint density at radius 2 is 1.89 bits per heavy atom. The number of hydrogen-bond donors (Lipinski definition) is 2. The maximum atomic E-state index is 8.78. The van der Waals surface area contributed by atoms with E-state index in [9.17, 15) is 0 Å². The highest BCUT2D eigenvalue weighted by molar-refractivity contribution is 5.66. The molecule has 2 N–H and O–H groups in total. The van der Waals surface area contributed by atoms with Crippen molar-refractivity contribution in [1.82, 2.24) is 10.8 Å². The molecule has 1 aromatic carbocycles. The lowest BCUT2D eigenvalue weighted by Crippen LogP contribution is -2.41. The van der Waals surface area contributed by atoms with Crippen LogP contribution in [0.5, 0.6) is 0 Å². The highest BCUT2D eigenvalue weighted by Gasteiger charge is 2.36. The molecule has 0 atom stereocenters. The third kappa shape index (κ3) is 1.99. The fourth-order valence-corrected chi connectivity index (χ4v) is 2.44. The van der Waals surface area contributed by atoms with E-state index in [1.807, 2.05) is 24.3 Å². The molecule has 1 spiro atoms. The highest BCUT2D eigenvalue weighted by Crippen LogP contribution is 2.32. The molecular formula is C14H15N3O. The van der Waals surface area contributed by atoms with Crippen molar-refractivity contribution in [3.8, 4) is 6.07 Å². The Labute approximate surface area is 106 Å². The molecule has 0 unspecified atom stereocenters. The summed E-state index contributed by atoms with van der Waals surface area (Å²) in [7, 11) is 0. The van der Waals surface area contributed by atoms with Crippen molar-refractivity contribution in [3.63, 3.8) is 0 Å². The Morgan fingerprint density at radius 3 is 2.56 bits per heavy atom. The van der Waals surface area contributed by atoms with Gasteiger partial charge < -0.3 is 5.32 Å². The number of hydrogen-bond acceptors (Lipinski definition) is 4. The van der Waals surface area contributed by atoms with Crippen molar-refractivity contribution < 1.29 is 4.84 Å². The van der Waals surface area contributed by atoms with Crippen molar-refractivity contribution in [3.05, 3.63) is 41.5 Å². The van der Waals surface area contributed by atoms with E-state index in [2.05, 4.69) is 22.9 Å². The van der Waals surface area contributed by atoms with E-state index in [0.717, 1.165) is 37.2 Å². The molecule has 1 fully saturated rings. The van der Waals surface area contributed by atoms with Gasteiger partial charge in [-0.05, 0) is 49.7 Å². The summed E-state index contributed by atoms with van der Waals surface area (Å²) in [4.78, 5) is 5.76. The number of nitrogens with one attached hydrogen (secondary N) is 2. The van der Waals surface area contributed by atoms with Crippen LogP contribution in [0.15, 0.2) is 30.3 Å². The van der Waals surface area contributed by atoms with Crippen LogP contribution < -0.4 is 10.8 Å². The van der Waals surface area contributed by atoms with Crippen molar-refractivity contribution >= 4 is 5.70 Å². The third-order valence-electron chi connectivity index (χ3n) is 3.55. The molecule has 2 aliphatic rings. The van der Waals surface area contributed by atoms with Gasteiger partial charge in [-0.1, -0.05) is 12.1 Å². The predicted octanol–water partition coefficient (Wildman–Crippen LogP) is 1.56. The van der Waals surface area contributed by atoms with Gasteiger partial charge in [0.1, 0.15) is 5.60 Å². The molecule has 0 aromatic heterocycles. The van der Waals surface area contributed by atoms with Gasteiger partial charge in [-0.25, -0.2) is 0 Å². The third-order valence-corrected chi connectivity index (χ3v) is 3.55. The highest BCUT2D eigenvalue weighted by atomic mass is 16.7. The Balaban J connectivity index is 1.84. The van der Waals surface area contributed by atoms with Gasteiger partial charge in [-0.3, -0.25) is 10.3 Å². The minimum Gasteiger partial charge on any atom is -0.316 e. The van der Waals surface area contributed by atoms with E-state index in [4.69, 9.17) is 10.1 Å². The molecule has 18 heavy (non-hydrogen) atoms. The van der Waals surface area contributed by atoms with Crippen molar-refractivity contribution in [2.75, 3.05) is 13.1 Å². The monoisotopic (exact) mass is 241 g/mol. The van der Waals surface area contributed by atoms with Crippen LogP contribution in [0.1, 0.15) is 24.0 Å². The van der Waals surface area contributed by atoms with Crippen LogP contribution in [-0.2, 0) is 4.84 Å². The predicted molar refractivity (Wildman–Crippen MR) is 68.2 cm³/mol. The molecule has 0 amide bonds. The fraction of sp³-hybridized carbons (Fsp3) is 0.357. The number of nitriles is 1. The lowest BCUT2D eigenvalue weighted by atomic mass is 9.91. The Kier molecular flexibility index (Phi) is 2.78. The molecule has 3 rings (SSSR count). The van der Waals surface area contributed by atoms with Crippen LogP contribution in [0, 0.1) is 11.3 Å². The molecular weight excluding hydrogens is 226 g/mol. The van der Waals surface area contributed by atoms with E-state index < -0.39 is 0 Å². The van der Waals surface area contributed by atoms with Gasteiger partial charge in [0, 0.05) is 0 Å². The van der Waals surface area contributed by atoms with Crippen LogP contribution in [0.2, 0.25) is 0 Å². The summed E-state index contributed by atoms with van der Waals surface area (Å²) in [6, 6.07) is 9.66. The maximum absolute atomic E-state index is 8.78. The van der Waals surface area contributed by atoms with Crippen LogP contribution in [-0.4, -0.2) is 18.7 Å².